The third-order valence-corrected chi connectivity index (χ3v) is 8.43. The van der Waals surface area contributed by atoms with Gasteiger partial charge in [0.2, 0.25) is 0 Å². The molecule has 1 amide bonds. The lowest BCUT2D eigenvalue weighted by Crippen LogP contribution is -2.63. The third-order valence-electron chi connectivity index (χ3n) is 8.43. The summed E-state index contributed by atoms with van der Waals surface area (Å²) in [6, 6.07) is 3.48. The SMILES string of the molecule is C=C1C(C(N)=O)=C(O)[C@@H](N(C)C)[C@@H]2C[C@@H]3Cc4c(-c5ccc(F)cc5F)cc(CN)c(O)c4C(O)=C3C(=O)[C@]12O. The largest absolute Gasteiger partial charge is 0.510 e. The van der Waals surface area contributed by atoms with Crippen LogP contribution in [-0.4, -0.2) is 62.8 Å². The summed E-state index contributed by atoms with van der Waals surface area (Å²) in [7, 11) is 3.19. The molecule has 8 N–H and O–H groups in total. The van der Waals surface area contributed by atoms with Crippen molar-refractivity contribution in [3.63, 3.8) is 0 Å². The van der Waals surface area contributed by atoms with E-state index in [2.05, 4.69) is 6.58 Å². The van der Waals surface area contributed by atoms with E-state index in [1.807, 2.05) is 0 Å². The fraction of sp³-hybridized carbons (Fsp3) is 0.310. The molecule has 0 bridgehead atoms. The van der Waals surface area contributed by atoms with Crippen molar-refractivity contribution in [1.29, 1.82) is 0 Å². The lowest BCUT2D eigenvalue weighted by molar-refractivity contribution is -0.143. The number of aliphatic hydroxyl groups is 3. The maximum atomic E-state index is 15.0. The molecule has 3 aliphatic carbocycles. The van der Waals surface area contributed by atoms with Gasteiger partial charge in [-0.05, 0) is 62.2 Å². The molecule has 210 valence electrons. The predicted octanol–water partition coefficient (Wildman–Crippen LogP) is 2.36. The van der Waals surface area contributed by atoms with Crippen LogP contribution in [0.5, 0.6) is 5.75 Å². The minimum atomic E-state index is -2.41. The van der Waals surface area contributed by atoms with Crippen LogP contribution in [0.2, 0.25) is 0 Å². The van der Waals surface area contributed by atoms with Crippen LogP contribution in [0.1, 0.15) is 23.1 Å². The van der Waals surface area contributed by atoms with Crippen molar-refractivity contribution in [2.45, 2.75) is 31.0 Å². The molecule has 0 aliphatic heterocycles. The molecule has 2 aromatic carbocycles. The number of carbonyl (C=O) groups is 2. The number of likely N-dealkylation sites (N-methyl/N-ethyl adjacent to an activating group) is 1. The second-order valence-corrected chi connectivity index (χ2v) is 10.7. The number of aromatic hydroxyl groups is 1. The highest BCUT2D eigenvalue weighted by atomic mass is 19.1. The number of nitrogens with two attached hydrogens (primary N) is 2. The van der Waals surface area contributed by atoms with Gasteiger partial charge >= 0.3 is 0 Å². The van der Waals surface area contributed by atoms with Gasteiger partial charge in [-0.1, -0.05) is 6.58 Å². The molecule has 0 radical (unpaired) electrons. The summed E-state index contributed by atoms with van der Waals surface area (Å²) >= 11 is 0. The number of benzene rings is 2. The fourth-order valence-corrected chi connectivity index (χ4v) is 6.64. The van der Waals surface area contributed by atoms with E-state index >= 15 is 0 Å². The van der Waals surface area contributed by atoms with Crippen molar-refractivity contribution in [1.82, 2.24) is 4.90 Å². The van der Waals surface area contributed by atoms with Gasteiger partial charge in [-0.15, -0.1) is 0 Å². The number of phenolic OH excluding ortho intramolecular Hbond substituents is 1. The molecule has 0 heterocycles. The summed E-state index contributed by atoms with van der Waals surface area (Å²) in [5.74, 6) is -6.92. The van der Waals surface area contributed by atoms with Gasteiger partial charge in [0.15, 0.2) is 11.4 Å². The van der Waals surface area contributed by atoms with Crippen LogP contribution in [0.3, 0.4) is 0 Å². The Bertz CT molecular complexity index is 1580. The van der Waals surface area contributed by atoms with Crippen molar-refractivity contribution in [3.8, 4) is 16.9 Å². The molecule has 4 atom stereocenters. The van der Waals surface area contributed by atoms with Gasteiger partial charge in [-0.25, -0.2) is 8.78 Å². The maximum absolute atomic E-state index is 15.0. The molecule has 2 aromatic rings. The van der Waals surface area contributed by atoms with Crippen molar-refractivity contribution in [3.05, 3.63) is 81.6 Å². The molecule has 1 saturated carbocycles. The molecule has 0 spiro atoms. The Morgan fingerprint density at radius 2 is 1.85 bits per heavy atom. The Balaban J connectivity index is 1.77. The number of Topliss-reactive ketones (excluding diaryl/α,β-unsaturated/α-hetero) is 1. The first-order valence-electron chi connectivity index (χ1n) is 12.6. The van der Waals surface area contributed by atoms with Gasteiger partial charge in [-0.2, -0.15) is 0 Å². The van der Waals surface area contributed by atoms with Gasteiger partial charge in [0.25, 0.3) is 5.91 Å². The van der Waals surface area contributed by atoms with Gasteiger partial charge < -0.3 is 31.9 Å². The molecule has 0 unspecified atom stereocenters. The van der Waals surface area contributed by atoms with E-state index in [-0.39, 0.29) is 52.8 Å². The van der Waals surface area contributed by atoms with Crippen LogP contribution in [0.15, 0.2) is 53.3 Å². The van der Waals surface area contributed by atoms with Gasteiger partial charge in [0.1, 0.15) is 28.9 Å². The first-order chi connectivity index (χ1) is 18.7. The highest BCUT2D eigenvalue weighted by molar-refractivity contribution is 6.14. The molecule has 0 saturated heterocycles. The van der Waals surface area contributed by atoms with E-state index < -0.39 is 69.6 Å². The molecular formula is C29H29F2N3O6. The van der Waals surface area contributed by atoms with Gasteiger partial charge in [0.05, 0.1) is 17.2 Å². The number of fused-ring (bicyclic) bond motifs is 3. The van der Waals surface area contributed by atoms with Crippen LogP contribution in [0.25, 0.3) is 16.9 Å². The van der Waals surface area contributed by atoms with E-state index in [9.17, 15) is 38.8 Å². The zero-order valence-corrected chi connectivity index (χ0v) is 21.8. The number of ketones is 1. The Labute approximate surface area is 228 Å². The van der Waals surface area contributed by atoms with Crippen molar-refractivity contribution < 1.29 is 38.8 Å². The van der Waals surface area contributed by atoms with Crippen molar-refractivity contribution in [2.75, 3.05) is 14.1 Å². The van der Waals surface area contributed by atoms with Crippen molar-refractivity contribution in [2.24, 2.45) is 23.3 Å². The molecule has 40 heavy (non-hydrogen) atoms. The molecule has 3 aliphatic rings. The van der Waals surface area contributed by atoms with E-state index in [0.717, 1.165) is 6.07 Å². The number of rotatable bonds is 4. The number of halogens is 2. The number of hydrogen-bond acceptors (Lipinski definition) is 8. The number of primary amides is 1. The normalized spacial score (nSPS) is 26.1. The molecule has 0 aromatic heterocycles. The van der Waals surface area contributed by atoms with Gasteiger partial charge in [-0.3, -0.25) is 14.5 Å². The second kappa shape index (κ2) is 9.26. The van der Waals surface area contributed by atoms with E-state index in [1.54, 1.807) is 14.1 Å². The van der Waals surface area contributed by atoms with Crippen LogP contribution >= 0.6 is 0 Å². The Kier molecular flexibility index (Phi) is 6.36. The Hall–Kier alpha value is -4.06. The highest BCUT2D eigenvalue weighted by Crippen LogP contribution is 2.55. The standard InChI is InChI=1S/C29H29F2N3O6/c1-11-20(28(33)39)26(37)23(34(2)3)18-8-12-6-17-16(15-5-4-14(30)9-19(15)31)7-13(10-32)24(35)22(17)25(36)21(12)27(38)29(11,18)40/h4-5,7,9,12,18,23,35-37,40H,1,6,8,10,32H2,2-3H3,(H2,33,39)/t12-,18-,23-,29-/m0/s1. The number of phenols is 1. The van der Waals surface area contributed by atoms with Crippen LogP contribution in [0, 0.1) is 23.5 Å². The molecule has 11 heteroatoms. The van der Waals surface area contributed by atoms with E-state index in [1.165, 1.54) is 17.0 Å². The molecule has 5 rings (SSSR count). The minimum Gasteiger partial charge on any atom is -0.510 e. The fourth-order valence-electron chi connectivity index (χ4n) is 6.64. The van der Waals surface area contributed by atoms with Gasteiger partial charge in [0, 0.05) is 40.8 Å². The molecule has 1 fully saturated rings. The van der Waals surface area contributed by atoms with E-state index in [0.29, 0.717) is 11.6 Å². The number of aliphatic hydroxyl groups excluding tert-OH is 2. The van der Waals surface area contributed by atoms with Crippen LogP contribution in [-0.2, 0) is 22.6 Å². The summed E-state index contributed by atoms with van der Waals surface area (Å²) < 4.78 is 28.7. The third kappa shape index (κ3) is 3.61. The van der Waals surface area contributed by atoms with Crippen molar-refractivity contribution >= 4 is 17.4 Å². The maximum Gasteiger partial charge on any atom is 0.252 e. The average molecular weight is 554 g/mol. The monoisotopic (exact) mass is 553 g/mol. The minimum absolute atomic E-state index is 0.00568. The first-order valence-corrected chi connectivity index (χ1v) is 12.6. The lowest BCUT2D eigenvalue weighted by Gasteiger charge is -2.52. The molecular weight excluding hydrogens is 524 g/mol. The quantitative estimate of drug-likeness (QED) is 0.335. The zero-order chi connectivity index (χ0) is 29.4. The number of amides is 1. The predicted molar refractivity (Wildman–Crippen MR) is 142 cm³/mol. The summed E-state index contributed by atoms with van der Waals surface area (Å²) in [5, 5.41) is 45.5. The van der Waals surface area contributed by atoms with Crippen LogP contribution in [0.4, 0.5) is 8.78 Å². The average Bonchev–Trinajstić information content (AvgIpc) is 2.86. The Morgan fingerprint density at radius 1 is 1.18 bits per heavy atom. The highest BCUT2D eigenvalue weighted by Gasteiger charge is 2.62. The second-order valence-electron chi connectivity index (χ2n) is 10.7. The smallest absolute Gasteiger partial charge is 0.252 e. The van der Waals surface area contributed by atoms with Crippen LogP contribution < -0.4 is 11.5 Å². The summed E-state index contributed by atoms with van der Waals surface area (Å²) in [4.78, 5) is 27.9. The summed E-state index contributed by atoms with van der Waals surface area (Å²) in [6.07, 6.45) is 0.0567. The Morgan fingerprint density at radius 3 is 2.42 bits per heavy atom. The zero-order valence-electron chi connectivity index (χ0n) is 21.8. The number of hydrogen-bond donors (Lipinski definition) is 6. The lowest BCUT2D eigenvalue weighted by atomic mass is 9.56. The summed E-state index contributed by atoms with van der Waals surface area (Å²) in [5.41, 5.74) is 8.39. The van der Waals surface area contributed by atoms with E-state index in [4.69, 9.17) is 11.5 Å². The molecule has 9 nitrogen and oxygen atoms in total. The first kappa shape index (κ1) is 27.5. The number of nitrogens with zero attached hydrogens (tertiary/aromatic N) is 1. The topological polar surface area (TPSA) is 170 Å². The number of carbonyl (C=O) groups excluding carboxylic acids is 2. The summed E-state index contributed by atoms with van der Waals surface area (Å²) in [6.45, 7) is 3.54.